The van der Waals surface area contributed by atoms with Crippen molar-refractivity contribution in [2.45, 2.75) is 18.9 Å². The monoisotopic (exact) mass is 127 g/mol. The van der Waals surface area contributed by atoms with Gasteiger partial charge in [0.05, 0.1) is 0 Å². The van der Waals surface area contributed by atoms with Gasteiger partial charge in [-0.2, -0.15) is 0 Å². The molecule has 9 heavy (non-hydrogen) atoms. The van der Waals surface area contributed by atoms with E-state index in [0.717, 1.165) is 6.42 Å². The zero-order valence-electron chi connectivity index (χ0n) is 5.76. The van der Waals surface area contributed by atoms with Gasteiger partial charge in [0.1, 0.15) is 0 Å². The highest BCUT2D eigenvalue weighted by Gasteiger charge is 1.97. The van der Waals surface area contributed by atoms with Crippen molar-refractivity contribution >= 4 is 0 Å². The lowest BCUT2D eigenvalue weighted by Crippen LogP contribution is -2.20. The Balaban J connectivity index is 3.08. The molecule has 0 heterocycles. The minimum Gasteiger partial charge on any atom is -0.385 e. The van der Waals surface area contributed by atoms with Crippen LogP contribution in [0.15, 0.2) is 0 Å². The molecule has 2 N–H and O–H groups in total. The van der Waals surface area contributed by atoms with Gasteiger partial charge in [0.25, 0.3) is 0 Å². The van der Waals surface area contributed by atoms with E-state index >= 15 is 0 Å². The fraction of sp³-hybridized carbons (Fsp3) is 0.714. The van der Waals surface area contributed by atoms with Crippen molar-refractivity contribution in [2.24, 2.45) is 5.73 Å². The molecule has 0 radical (unpaired) electrons. The Hall–Kier alpha value is -0.520. The Morgan fingerprint density at radius 3 is 2.89 bits per heavy atom. The van der Waals surface area contributed by atoms with Gasteiger partial charge in [0.2, 0.25) is 0 Å². The summed E-state index contributed by atoms with van der Waals surface area (Å²) in [6.45, 7) is 0.697. The van der Waals surface area contributed by atoms with E-state index in [1.165, 1.54) is 0 Å². The highest BCUT2D eigenvalue weighted by Crippen LogP contribution is 1.91. The van der Waals surface area contributed by atoms with E-state index < -0.39 is 0 Å². The summed E-state index contributed by atoms with van der Waals surface area (Å²) in [5, 5.41) is 0. The van der Waals surface area contributed by atoms with Crippen LogP contribution >= 0.6 is 0 Å². The van der Waals surface area contributed by atoms with Gasteiger partial charge in [0, 0.05) is 26.2 Å². The molecule has 52 valence electrons. The summed E-state index contributed by atoms with van der Waals surface area (Å²) in [6, 6.07) is 0.106. The molecular weight excluding hydrogens is 114 g/mol. The van der Waals surface area contributed by atoms with Crippen molar-refractivity contribution in [3.63, 3.8) is 0 Å². The summed E-state index contributed by atoms with van der Waals surface area (Å²) in [7, 11) is 1.66. The molecule has 0 fully saturated rings. The third-order valence-electron chi connectivity index (χ3n) is 1.07. The van der Waals surface area contributed by atoms with E-state index in [2.05, 4.69) is 5.92 Å². The van der Waals surface area contributed by atoms with Crippen LogP contribution in [0.5, 0.6) is 0 Å². The molecule has 0 aromatic carbocycles. The predicted octanol–water partition coefficient (Wildman–Crippen LogP) is 0.373. The van der Waals surface area contributed by atoms with Gasteiger partial charge in [-0.3, -0.25) is 0 Å². The normalized spacial score (nSPS) is 12.6. The van der Waals surface area contributed by atoms with E-state index in [9.17, 15) is 0 Å². The lowest BCUT2D eigenvalue weighted by molar-refractivity contribution is 0.188. The Morgan fingerprint density at radius 2 is 2.44 bits per heavy atom. The second-order valence-corrected chi connectivity index (χ2v) is 1.95. The summed E-state index contributed by atoms with van der Waals surface area (Å²) < 4.78 is 4.81. The molecule has 0 aliphatic rings. The Labute approximate surface area is 56.4 Å². The maximum atomic E-state index is 5.55. The van der Waals surface area contributed by atoms with Gasteiger partial charge in [-0.1, -0.05) is 0 Å². The van der Waals surface area contributed by atoms with Gasteiger partial charge < -0.3 is 10.5 Å². The fourth-order valence-corrected chi connectivity index (χ4v) is 0.523. The molecule has 1 atom stereocenters. The maximum Gasteiger partial charge on any atom is 0.0477 e. The average molecular weight is 127 g/mol. The molecule has 0 spiro atoms. The average Bonchev–Trinajstić information content (AvgIpc) is 1.85. The lowest BCUT2D eigenvalue weighted by Gasteiger charge is -2.04. The number of nitrogens with two attached hydrogens (primary N) is 1. The van der Waals surface area contributed by atoms with Crippen LogP contribution in [-0.4, -0.2) is 19.8 Å². The van der Waals surface area contributed by atoms with Crippen molar-refractivity contribution in [3.8, 4) is 12.3 Å². The van der Waals surface area contributed by atoms with Gasteiger partial charge in [-0.05, 0) is 6.42 Å². The van der Waals surface area contributed by atoms with Crippen molar-refractivity contribution in [2.75, 3.05) is 13.7 Å². The largest absolute Gasteiger partial charge is 0.385 e. The first-order valence-corrected chi connectivity index (χ1v) is 2.99. The number of hydrogen-bond donors (Lipinski definition) is 1. The van der Waals surface area contributed by atoms with Crippen LogP contribution in [0, 0.1) is 12.3 Å². The highest BCUT2D eigenvalue weighted by atomic mass is 16.5. The van der Waals surface area contributed by atoms with E-state index in [1.807, 2.05) is 0 Å². The van der Waals surface area contributed by atoms with Crippen molar-refractivity contribution in [3.05, 3.63) is 0 Å². The molecule has 0 unspecified atom stereocenters. The summed E-state index contributed by atoms with van der Waals surface area (Å²) in [4.78, 5) is 0. The lowest BCUT2D eigenvalue weighted by atomic mass is 10.2. The van der Waals surface area contributed by atoms with Crippen LogP contribution in [0.4, 0.5) is 0 Å². The molecule has 2 nitrogen and oxygen atoms in total. The molecule has 0 aliphatic carbocycles. The van der Waals surface area contributed by atoms with Crippen molar-refractivity contribution < 1.29 is 4.74 Å². The summed E-state index contributed by atoms with van der Waals surface area (Å²) in [6.07, 6.45) is 6.52. The third kappa shape index (κ3) is 5.35. The molecule has 0 saturated carbocycles. The first-order chi connectivity index (χ1) is 4.31. The summed E-state index contributed by atoms with van der Waals surface area (Å²) >= 11 is 0. The first-order valence-electron chi connectivity index (χ1n) is 2.99. The van der Waals surface area contributed by atoms with Gasteiger partial charge >= 0.3 is 0 Å². The summed E-state index contributed by atoms with van der Waals surface area (Å²) in [5.41, 5.74) is 5.55. The highest BCUT2D eigenvalue weighted by molar-refractivity contribution is 4.88. The Kier molecular flexibility index (Phi) is 5.29. The van der Waals surface area contributed by atoms with Crippen LogP contribution in [-0.2, 0) is 4.74 Å². The van der Waals surface area contributed by atoms with Gasteiger partial charge in [-0.25, -0.2) is 0 Å². The molecule has 0 rings (SSSR count). The molecule has 2 heteroatoms. The number of ether oxygens (including phenoxy) is 1. The van der Waals surface area contributed by atoms with E-state index in [-0.39, 0.29) is 6.04 Å². The standard InChI is InChI=1S/C7H13NO/c1-3-4-7(8)5-6-9-2/h1,7H,4-6,8H2,2H3/t7-/m1/s1. The molecule has 0 aromatic rings. The van der Waals surface area contributed by atoms with Crippen LogP contribution in [0.1, 0.15) is 12.8 Å². The molecule has 0 aromatic heterocycles. The Bertz CT molecular complexity index is 95.6. The smallest absolute Gasteiger partial charge is 0.0477 e. The molecule has 0 amide bonds. The van der Waals surface area contributed by atoms with E-state index in [4.69, 9.17) is 16.9 Å². The summed E-state index contributed by atoms with van der Waals surface area (Å²) in [5.74, 6) is 2.50. The zero-order valence-corrected chi connectivity index (χ0v) is 5.76. The zero-order chi connectivity index (χ0) is 7.11. The third-order valence-corrected chi connectivity index (χ3v) is 1.07. The minimum atomic E-state index is 0.106. The van der Waals surface area contributed by atoms with Crippen LogP contribution < -0.4 is 5.73 Å². The topological polar surface area (TPSA) is 35.2 Å². The molecular formula is C7H13NO. The fourth-order valence-electron chi connectivity index (χ4n) is 0.523. The number of terminal acetylenes is 1. The van der Waals surface area contributed by atoms with Crippen molar-refractivity contribution in [1.82, 2.24) is 0 Å². The second kappa shape index (κ2) is 5.61. The van der Waals surface area contributed by atoms with Crippen LogP contribution in [0.2, 0.25) is 0 Å². The van der Waals surface area contributed by atoms with Crippen molar-refractivity contribution in [1.29, 1.82) is 0 Å². The SMILES string of the molecule is C#CC[C@@H](N)CCOC. The maximum absolute atomic E-state index is 5.55. The molecule has 0 aliphatic heterocycles. The number of hydrogen-bond acceptors (Lipinski definition) is 2. The minimum absolute atomic E-state index is 0.106. The number of rotatable bonds is 4. The first kappa shape index (κ1) is 8.48. The van der Waals surface area contributed by atoms with Gasteiger partial charge in [0.15, 0.2) is 0 Å². The molecule has 0 saturated heterocycles. The Morgan fingerprint density at radius 1 is 1.78 bits per heavy atom. The quantitative estimate of drug-likeness (QED) is 0.554. The van der Waals surface area contributed by atoms with Crippen LogP contribution in [0.25, 0.3) is 0 Å². The second-order valence-electron chi connectivity index (χ2n) is 1.95. The predicted molar refractivity (Wildman–Crippen MR) is 37.9 cm³/mol. The van der Waals surface area contributed by atoms with E-state index in [1.54, 1.807) is 7.11 Å². The van der Waals surface area contributed by atoms with E-state index in [0.29, 0.717) is 13.0 Å². The van der Waals surface area contributed by atoms with Crippen LogP contribution in [0.3, 0.4) is 0 Å². The van der Waals surface area contributed by atoms with Gasteiger partial charge in [-0.15, -0.1) is 12.3 Å². The molecule has 0 bridgehead atoms. The number of methoxy groups -OCH3 is 1.